The lowest BCUT2D eigenvalue weighted by molar-refractivity contribution is 0.124. The predicted octanol–water partition coefficient (Wildman–Crippen LogP) is 3.06. The number of hydrogen-bond acceptors (Lipinski definition) is 5. The molecule has 26 heavy (non-hydrogen) atoms. The van der Waals surface area contributed by atoms with E-state index >= 15 is 0 Å². The first kappa shape index (κ1) is 24.2. The highest BCUT2D eigenvalue weighted by Crippen LogP contribution is 2.07. The van der Waals surface area contributed by atoms with Crippen LogP contribution in [0.1, 0.15) is 41.5 Å². The van der Waals surface area contributed by atoms with Gasteiger partial charge < -0.3 is 14.7 Å². The van der Waals surface area contributed by atoms with Gasteiger partial charge in [-0.2, -0.15) is 12.6 Å². The molecule has 0 aromatic heterocycles. The van der Waals surface area contributed by atoms with Crippen LogP contribution in [0, 0.1) is 17.8 Å². The van der Waals surface area contributed by atoms with E-state index in [1.54, 1.807) is 0 Å². The van der Waals surface area contributed by atoms with Gasteiger partial charge >= 0.3 is 0 Å². The molecule has 0 amide bonds. The summed E-state index contributed by atoms with van der Waals surface area (Å²) in [5, 5.41) is 0. The lowest BCUT2D eigenvalue weighted by Gasteiger charge is -2.35. The van der Waals surface area contributed by atoms with Crippen molar-refractivity contribution < 1.29 is 0 Å². The Morgan fingerprint density at radius 1 is 0.500 bits per heavy atom. The Morgan fingerprint density at radius 3 is 0.923 bits per heavy atom. The summed E-state index contributed by atoms with van der Waals surface area (Å²) in [5.74, 6) is 3.06. The summed E-state index contributed by atoms with van der Waals surface area (Å²) in [5.41, 5.74) is 0. The molecule has 0 atom stereocenters. The molecule has 0 N–H and O–H groups in total. The van der Waals surface area contributed by atoms with E-state index in [2.05, 4.69) is 73.8 Å². The van der Waals surface area contributed by atoms with Gasteiger partial charge in [0.05, 0.1) is 0 Å². The zero-order valence-electron chi connectivity index (χ0n) is 18.5. The molecule has 0 radical (unpaired) electrons. The van der Waals surface area contributed by atoms with Gasteiger partial charge in [-0.15, -0.1) is 0 Å². The third kappa shape index (κ3) is 11.1. The second kappa shape index (κ2) is 13.4. The van der Waals surface area contributed by atoms with Crippen LogP contribution in [-0.4, -0.2) is 97.5 Å². The topological polar surface area (TPSA) is 13.0 Å². The smallest absolute Gasteiger partial charge is 0.0415 e. The van der Waals surface area contributed by atoms with Crippen LogP contribution in [0.25, 0.3) is 0 Å². The lowest BCUT2D eigenvalue weighted by Crippen LogP contribution is -2.47. The van der Waals surface area contributed by atoms with Gasteiger partial charge in [-0.05, 0) is 17.8 Å². The molecule has 1 aliphatic heterocycles. The van der Waals surface area contributed by atoms with Crippen molar-refractivity contribution in [2.24, 2.45) is 17.8 Å². The van der Waals surface area contributed by atoms with Crippen molar-refractivity contribution >= 4 is 12.6 Å². The second-order valence-corrected chi connectivity index (χ2v) is 9.63. The Morgan fingerprint density at radius 2 is 0.731 bits per heavy atom. The number of nitrogens with zero attached hydrogens (tertiary/aromatic N) is 4. The fraction of sp³-hybridized carbons (Fsp3) is 1.00. The molecule has 1 aliphatic rings. The molecule has 1 fully saturated rings. The number of hydrogen-bond donors (Lipinski definition) is 1. The van der Waals surface area contributed by atoms with E-state index in [1.165, 1.54) is 58.9 Å². The van der Waals surface area contributed by atoms with Gasteiger partial charge in [-0.25, -0.2) is 0 Å². The minimum Gasteiger partial charge on any atom is -0.301 e. The van der Waals surface area contributed by atoms with Crippen LogP contribution in [0.2, 0.25) is 0 Å². The normalized spacial score (nSPS) is 21.5. The van der Waals surface area contributed by atoms with Crippen LogP contribution < -0.4 is 0 Å². The van der Waals surface area contributed by atoms with Crippen molar-refractivity contribution in [3.05, 3.63) is 0 Å². The molecule has 4 nitrogen and oxygen atoms in total. The van der Waals surface area contributed by atoms with Crippen LogP contribution >= 0.6 is 12.6 Å². The molecule has 5 heteroatoms. The first-order valence-electron chi connectivity index (χ1n) is 10.8. The van der Waals surface area contributed by atoms with Crippen molar-refractivity contribution in [3.63, 3.8) is 0 Å². The number of thiol groups is 1. The highest BCUT2D eigenvalue weighted by Gasteiger charge is 2.17. The molecule has 1 saturated heterocycles. The highest BCUT2D eigenvalue weighted by atomic mass is 32.1. The summed E-state index contributed by atoms with van der Waals surface area (Å²) in [7, 11) is 0. The van der Waals surface area contributed by atoms with E-state index in [4.69, 9.17) is 0 Å². The summed E-state index contributed by atoms with van der Waals surface area (Å²) in [6.45, 7) is 27.0. The monoisotopic (exact) mass is 386 g/mol. The fourth-order valence-corrected chi connectivity index (χ4v) is 4.10. The molecule has 0 aromatic rings. The maximum absolute atomic E-state index is 4.59. The van der Waals surface area contributed by atoms with Gasteiger partial charge in [-0.1, -0.05) is 41.5 Å². The summed E-state index contributed by atoms with van der Waals surface area (Å²) in [4.78, 5) is 10.5. The molecule has 1 heterocycles. The fourth-order valence-electron chi connectivity index (χ4n) is 3.82. The number of rotatable bonds is 7. The SMILES string of the molecule is CC(C)CN1CCN(CS)CCN(CC(C)C)CCN(CC(C)C)CC1. The van der Waals surface area contributed by atoms with E-state index < -0.39 is 0 Å². The van der Waals surface area contributed by atoms with E-state index in [-0.39, 0.29) is 0 Å². The third-order valence-electron chi connectivity index (χ3n) is 5.00. The van der Waals surface area contributed by atoms with Gasteiger partial charge in [0.25, 0.3) is 0 Å². The quantitative estimate of drug-likeness (QED) is 0.675. The Balaban J connectivity index is 2.77. The van der Waals surface area contributed by atoms with Crippen molar-refractivity contribution in [1.29, 1.82) is 0 Å². The van der Waals surface area contributed by atoms with Crippen molar-refractivity contribution in [2.75, 3.05) is 77.9 Å². The van der Waals surface area contributed by atoms with Crippen molar-refractivity contribution in [1.82, 2.24) is 19.6 Å². The van der Waals surface area contributed by atoms with Crippen LogP contribution in [0.3, 0.4) is 0 Å². The highest BCUT2D eigenvalue weighted by molar-refractivity contribution is 7.80. The summed E-state index contributed by atoms with van der Waals surface area (Å²) in [6, 6.07) is 0. The maximum atomic E-state index is 4.59. The lowest BCUT2D eigenvalue weighted by atomic mass is 10.1. The van der Waals surface area contributed by atoms with Gasteiger partial charge in [0.2, 0.25) is 0 Å². The maximum Gasteiger partial charge on any atom is 0.0415 e. The average molecular weight is 387 g/mol. The molecule has 0 aromatic carbocycles. The van der Waals surface area contributed by atoms with Gasteiger partial charge in [0.15, 0.2) is 0 Å². The zero-order chi connectivity index (χ0) is 19.5. The largest absolute Gasteiger partial charge is 0.301 e. The van der Waals surface area contributed by atoms with Gasteiger partial charge in [0, 0.05) is 77.9 Å². The minimum absolute atomic E-state index is 0.729. The zero-order valence-corrected chi connectivity index (χ0v) is 19.3. The molecule has 0 saturated carbocycles. The molecule has 0 spiro atoms. The van der Waals surface area contributed by atoms with Gasteiger partial charge in [0.1, 0.15) is 0 Å². The standard InChI is InChI=1S/C21H46N4S/c1-19(2)15-22-7-9-23(16-20(3)4)11-13-25(18-26)14-12-24(10-8-22)17-21(5)6/h19-21,26H,7-18H2,1-6H3. The molecule has 0 bridgehead atoms. The molecular formula is C21H46N4S. The average Bonchev–Trinajstić information content (AvgIpc) is 2.53. The van der Waals surface area contributed by atoms with E-state index in [1.807, 2.05) is 0 Å². The van der Waals surface area contributed by atoms with Crippen LogP contribution in [-0.2, 0) is 0 Å². The second-order valence-electron chi connectivity index (χ2n) is 9.34. The molecule has 1 rings (SSSR count). The minimum atomic E-state index is 0.729. The Labute approximate surface area is 169 Å². The van der Waals surface area contributed by atoms with E-state index in [0.717, 1.165) is 36.7 Å². The first-order chi connectivity index (χ1) is 12.3. The van der Waals surface area contributed by atoms with Gasteiger partial charge in [-0.3, -0.25) is 4.90 Å². The molecule has 0 aliphatic carbocycles. The van der Waals surface area contributed by atoms with Crippen molar-refractivity contribution in [2.45, 2.75) is 41.5 Å². The molecule has 0 unspecified atom stereocenters. The van der Waals surface area contributed by atoms with E-state index in [9.17, 15) is 0 Å². The summed E-state index contributed by atoms with van der Waals surface area (Å²) >= 11 is 4.59. The Bertz CT molecular complexity index is 323. The van der Waals surface area contributed by atoms with Crippen LogP contribution in [0.15, 0.2) is 0 Å². The Hall–Kier alpha value is 0.190. The first-order valence-corrected chi connectivity index (χ1v) is 11.4. The third-order valence-corrected chi connectivity index (χ3v) is 5.40. The summed E-state index contributed by atoms with van der Waals surface area (Å²) < 4.78 is 0. The molecule has 156 valence electrons. The van der Waals surface area contributed by atoms with Crippen LogP contribution in [0.4, 0.5) is 0 Å². The summed E-state index contributed by atoms with van der Waals surface area (Å²) in [6.07, 6.45) is 0. The van der Waals surface area contributed by atoms with E-state index in [0.29, 0.717) is 0 Å². The Kier molecular flexibility index (Phi) is 12.5. The predicted molar refractivity (Wildman–Crippen MR) is 119 cm³/mol. The van der Waals surface area contributed by atoms with Crippen LogP contribution in [0.5, 0.6) is 0 Å². The molecular weight excluding hydrogens is 340 g/mol. The van der Waals surface area contributed by atoms with Crippen molar-refractivity contribution in [3.8, 4) is 0 Å².